The number of urea groups is 1. The summed E-state index contributed by atoms with van der Waals surface area (Å²) in [7, 11) is 1.60. The summed E-state index contributed by atoms with van der Waals surface area (Å²) in [6, 6.07) is 7.37. The van der Waals surface area contributed by atoms with E-state index in [4.69, 9.17) is 9.47 Å². The molecule has 1 aromatic rings. The lowest BCUT2D eigenvalue weighted by atomic mass is 10.1. The van der Waals surface area contributed by atoms with Crippen molar-refractivity contribution in [1.82, 2.24) is 4.90 Å². The molecule has 1 fully saturated rings. The van der Waals surface area contributed by atoms with Gasteiger partial charge in [-0.25, -0.2) is 4.79 Å². The summed E-state index contributed by atoms with van der Waals surface area (Å²) in [6.45, 7) is 5.13. The van der Waals surface area contributed by atoms with Gasteiger partial charge in [0.1, 0.15) is 5.75 Å². The molecule has 2 rings (SSSR count). The van der Waals surface area contributed by atoms with Crippen molar-refractivity contribution in [1.29, 1.82) is 0 Å². The SMILES string of the molecule is CCCN(CC1CCOC1)C(=O)Nc1ccccc1OC. The predicted octanol–water partition coefficient (Wildman–Crippen LogP) is 2.98. The van der Waals surface area contributed by atoms with E-state index in [2.05, 4.69) is 12.2 Å². The number of rotatable bonds is 6. The van der Waals surface area contributed by atoms with Crippen LogP contribution < -0.4 is 10.1 Å². The molecule has 1 heterocycles. The van der Waals surface area contributed by atoms with Gasteiger partial charge in [-0.05, 0) is 25.0 Å². The number of benzene rings is 1. The molecular weight excluding hydrogens is 268 g/mol. The topological polar surface area (TPSA) is 50.8 Å². The first-order valence-electron chi connectivity index (χ1n) is 7.51. The molecule has 0 saturated carbocycles. The maximum Gasteiger partial charge on any atom is 0.321 e. The van der Waals surface area contributed by atoms with Crippen LogP contribution in [0.4, 0.5) is 10.5 Å². The Morgan fingerprint density at radius 3 is 2.95 bits per heavy atom. The van der Waals surface area contributed by atoms with Gasteiger partial charge in [0, 0.05) is 25.6 Å². The number of anilines is 1. The Kier molecular flexibility index (Phi) is 5.87. The minimum absolute atomic E-state index is 0.0757. The highest BCUT2D eigenvalue weighted by atomic mass is 16.5. The lowest BCUT2D eigenvalue weighted by Crippen LogP contribution is -2.39. The number of hydrogen-bond donors (Lipinski definition) is 1. The number of para-hydroxylation sites is 2. The molecular formula is C16H24N2O3. The monoisotopic (exact) mass is 292 g/mol. The maximum absolute atomic E-state index is 12.5. The van der Waals surface area contributed by atoms with Crippen molar-refractivity contribution in [3.63, 3.8) is 0 Å². The van der Waals surface area contributed by atoms with Crippen molar-refractivity contribution in [2.45, 2.75) is 19.8 Å². The maximum atomic E-state index is 12.5. The number of carbonyl (C=O) groups is 1. The van der Waals surface area contributed by atoms with Gasteiger partial charge in [-0.2, -0.15) is 0 Å². The second-order valence-electron chi connectivity index (χ2n) is 5.31. The van der Waals surface area contributed by atoms with Gasteiger partial charge in [-0.3, -0.25) is 0 Å². The van der Waals surface area contributed by atoms with E-state index in [1.165, 1.54) is 0 Å². The third kappa shape index (κ3) is 4.36. The quantitative estimate of drug-likeness (QED) is 0.877. The van der Waals surface area contributed by atoms with Crippen molar-refractivity contribution in [3.8, 4) is 5.75 Å². The fourth-order valence-corrected chi connectivity index (χ4v) is 2.53. The van der Waals surface area contributed by atoms with Crippen LogP contribution in [0, 0.1) is 5.92 Å². The second-order valence-corrected chi connectivity index (χ2v) is 5.31. The Bertz CT molecular complexity index is 459. The van der Waals surface area contributed by atoms with Crippen LogP contribution >= 0.6 is 0 Å². The second kappa shape index (κ2) is 7.88. The van der Waals surface area contributed by atoms with Crippen molar-refractivity contribution in [3.05, 3.63) is 24.3 Å². The molecule has 1 aromatic carbocycles. The lowest BCUT2D eigenvalue weighted by molar-refractivity contribution is 0.169. The number of amides is 2. The molecule has 116 valence electrons. The smallest absolute Gasteiger partial charge is 0.321 e. The average Bonchev–Trinajstić information content (AvgIpc) is 3.00. The number of nitrogens with one attached hydrogen (secondary N) is 1. The first-order chi connectivity index (χ1) is 10.2. The zero-order valence-corrected chi connectivity index (χ0v) is 12.8. The van der Waals surface area contributed by atoms with Crippen LogP contribution in [-0.4, -0.2) is 44.3 Å². The lowest BCUT2D eigenvalue weighted by Gasteiger charge is -2.25. The number of ether oxygens (including phenoxy) is 2. The van der Waals surface area contributed by atoms with Crippen LogP contribution in [0.2, 0.25) is 0 Å². The largest absolute Gasteiger partial charge is 0.495 e. The van der Waals surface area contributed by atoms with Gasteiger partial charge in [0.2, 0.25) is 0 Å². The Hall–Kier alpha value is -1.75. The Labute approximate surface area is 126 Å². The number of methoxy groups -OCH3 is 1. The van der Waals surface area contributed by atoms with Crippen LogP contribution in [-0.2, 0) is 4.74 Å². The standard InChI is InChI=1S/C16H24N2O3/c1-3-9-18(11-13-8-10-21-12-13)16(19)17-14-6-4-5-7-15(14)20-2/h4-7,13H,3,8-12H2,1-2H3,(H,17,19). The third-order valence-electron chi connectivity index (χ3n) is 3.63. The van der Waals surface area contributed by atoms with E-state index in [-0.39, 0.29) is 6.03 Å². The highest BCUT2D eigenvalue weighted by Crippen LogP contribution is 2.23. The first-order valence-corrected chi connectivity index (χ1v) is 7.51. The van der Waals surface area contributed by atoms with Crippen molar-refractivity contribution in [2.75, 3.05) is 38.7 Å². The summed E-state index contributed by atoms with van der Waals surface area (Å²) in [5.74, 6) is 1.12. The highest BCUT2D eigenvalue weighted by molar-refractivity contribution is 5.91. The Balaban J connectivity index is 2.00. The van der Waals surface area contributed by atoms with Gasteiger partial charge in [0.05, 0.1) is 19.4 Å². The van der Waals surface area contributed by atoms with Crippen LogP contribution in [0.25, 0.3) is 0 Å². The molecule has 0 aliphatic carbocycles. The number of hydrogen-bond acceptors (Lipinski definition) is 3. The summed E-state index contributed by atoms with van der Waals surface area (Å²) in [5.41, 5.74) is 0.703. The van der Waals surface area contributed by atoms with Gasteiger partial charge in [-0.15, -0.1) is 0 Å². The van der Waals surface area contributed by atoms with Gasteiger partial charge in [0.25, 0.3) is 0 Å². The Morgan fingerprint density at radius 2 is 2.29 bits per heavy atom. The fraction of sp³-hybridized carbons (Fsp3) is 0.562. The van der Waals surface area contributed by atoms with Gasteiger partial charge >= 0.3 is 6.03 Å². The third-order valence-corrected chi connectivity index (χ3v) is 3.63. The van der Waals surface area contributed by atoms with E-state index in [1.807, 2.05) is 29.2 Å². The molecule has 1 atom stereocenters. The predicted molar refractivity (Wildman–Crippen MR) is 82.8 cm³/mol. The van der Waals surface area contributed by atoms with E-state index in [1.54, 1.807) is 7.11 Å². The summed E-state index contributed by atoms with van der Waals surface area (Å²) in [6.07, 6.45) is 1.97. The van der Waals surface area contributed by atoms with Crippen molar-refractivity contribution >= 4 is 11.7 Å². The first kappa shape index (κ1) is 15.6. The zero-order chi connectivity index (χ0) is 15.1. The zero-order valence-electron chi connectivity index (χ0n) is 12.8. The molecule has 0 spiro atoms. The van der Waals surface area contributed by atoms with Crippen LogP contribution in [0.1, 0.15) is 19.8 Å². The number of carbonyl (C=O) groups excluding carboxylic acids is 1. The van der Waals surface area contributed by atoms with E-state index >= 15 is 0 Å². The van der Waals surface area contributed by atoms with E-state index in [0.717, 1.165) is 39.1 Å². The summed E-state index contributed by atoms with van der Waals surface area (Å²) < 4.78 is 10.7. The van der Waals surface area contributed by atoms with E-state index in [9.17, 15) is 4.79 Å². The number of nitrogens with zero attached hydrogens (tertiary/aromatic N) is 1. The molecule has 1 unspecified atom stereocenters. The minimum atomic E-state index is -0.0757. The summed E-state index contributed by atoms with van der Waals surface area (Å²) in [4.78, 5) is 14.3. The molecule has 1 aliphatic heterocycles. The molecule has 1 aliphatic rings. The average molecular weight is 292 g/mol. The van der Waals surface area contributed by atoms with Gasteiger partial charge in [0.15, 0.2) is 0 Å². The molecule has 2 amide bonds. The molecule has 0 aromatic heterocycles. The summed E-state index contributed by atoms with van der Waals surface area (Å²) in [5, 5.41) is 2.94. The molecule has 0 radical (unpaired) electrons. The minimum Gasteiger partial charge on any atom is -0.495 e. The van der Waals surface area contributed by atoms with Gasteiger partial charge in [-0.1, -0.05) is 19.1 Å². The van der Waals surface area contributed by atoms with Crippen LogP contribution in [0.5, 0.6) is 5.75 Å². The van der Waals surface area contributed by atoms with Crippen LogP contribution in [0.15, 0.2) is 24.3 Å². The van der Waals surface area contributed by atoms with Crippen LogP contribution in [0.3, 0.4) is 0 Å². The normalized spacial score (nSPS) is 17.5. The molecule has 5 heteroatoms. The van der Waals surface area contributed by atoms with Crippen molar-refractivity contribution < 1.29 is 14.3 Å². The molecule has 5 nitrogen and oxygen atoms in total. The molecule has 21 heavy (non-hydrogen) atoms. The highest BCUT2D eigenvalue weighted by Gasteiger charge is 2.22. The van der Waals surface area contributed by atoms with Gasteiger partial charge < -0.3 is 19.7 Å². The van der Waals surface area contributed by atoms with Crippen molar-refractivity contribution in [2.24, 2.45) is 5.92 Å². The van der Waals surface area contributed by atoms with E-state index in [0.29, 0.717) is 17.4 Å². The Morgan fingerprint density at radius 1 is 1.48 bits per heavy atom. The molecule has 1 saturated heterocycles. The molecule has 0 bridgehead atoms. The molecule has 1 N–H and O–H groups in total. The summed E-state index contributed by atoms with van der Waals surface area (Å²) >= 11 is 0. The van der Waals surface area contributed by atoms with E-state index < -0.39 is 0 Å². The fourth-order valence-electron chi connectivity index (χ4n) is 2.53.